The van der Waals surface area contributed by atoms with Gasteiger partial charge in [-0.1, -0.05) is 97.1 Å². The predicted octanol–water partition coefficient (Wildman–Crippen LogP) is 10.1. The number of pyridine rings is 2. The lowest BCUT2D eigenvalue weighted by molar-refractivity contribution is 1.29. The van der Waals surface area contributed by atoms with Crippen LogP contribution in [0.1, 0.15) is 11.1 Å². The number of fused-ring (bicyclic) bond motifs is 2. The Labute approximate surface area is 234 Å². The Bertz CT molecular complexity index is 1950. The Kier molecular flexibility index (Phi) is 5.94. The summed E-state index contributed by atoms with van der Waals surface area (Å²) in [5.41, 5.74) is 11.9. The van der Waals surface area contributed by atoms with E-state index in [0.717, 1.165) is 11.3 Å². The zero-order valence-electron chi connectivity index (χ0n) is 22.6. The van der Waals surface area contributed by atoms with Crippen LogP contribution in [0, 0.1) is 13.8 Å². The van der Waals surface area contributed by atoms with Crippen LogP contribution in [-0.4, -0.2) is 9.97 Å². The van der Waals surface area contributed by atoms with Crippen LogP contribution in [0.25, 0.3) is 66.2 Å². The highest BCUT2D eigenvalue weighted by molar-refractivity contribution is 6.21. The van der Waals surface area contributed by atoms with Crippen LogP contribution < -0.4 is 0 Å². The molecule has 7 aromatic rings. The molecule has 0 atom stereocenters. The molecule has 0 fully saturated rings. The van der Waals surface area contributed by atoms with E-state index in [1.165, 1.54) is 66.1 Å². The summed E-state index contributed by atoms with van der Waals surface area (Å²) in [7, 11) is 0. The molecule has 2 aromatic heterocycles. The van der Waals surface area contributed by atoms with Gasteiger partial charge in [-0.3, -0.25) is 9.97 Å². The first-order chi connectivity index (χ1) is 19.7. The zero-order chi connectivity index (χ0) is 27.1. The second-order valence-corrected chi connectivity index (χ2v) is 10.4. The first kappa shape index (κ1) is 24.0. The molecule has 0 radical (unpaired) electrons. The number of aryl methyl sites for hydroxylation is 2. The van der Waals surface area contributed by atoms with Crippen molar-refractivity contribution in [3.05, 3.63) is 145 Å². The Morgan fingerprint density at radius 3 is 1.48 bits per heavy atom. The second-order valence-electron chi connectivity index (χ2n) is 10.4. The zero-order valence-corrected chi connectivity index (χ0v) is 22.6. The summed E-state index contributed by atoms with van der Waals surface area (Å²) < 4.78 is 0. The minimum atomic E-state index is 1.00. The quantitative estimate of drug-likeness (QED) is 0.219. The van der Waals surface area contributed by atoms with Crippen LogP contribution in [0.2, 0.25) is 0 Å². The molecule has 0 amide bonds. The lowest BCUT2D eigenvalue weighted by Crippen LogP contribution is -1.91. The van der Waals surface area contributed by atoms with E-state index < -0.39 is 0 Å². The minimum Gasteiger partial charge on any atom is -0.264 e. The fraction of sp³-hybridized carbons (Fsp3) is 0.0526. The SMILES string of the molecule is Cc1ccnc(-c2ccc(-c3c4ccccc4c(-c4ccc(-c5cnccc5C)cc4)c4ccccc34)cc2)c1. The van der Waals surface area contributed by atoms with Crippen molar-refractivity contribution in [3.8, 4) is 44.6 Å². The van der Waals surface area contributed by atoms with Crippen molar-refractivity contribution in [2.45, 2.75) is 13.8 Å². The summed E-state index contributed by atoms with van der Waals surface area (Å²) in [5.74, 6) is 0. The maximum absolute atomic E-state index is 4.58. The number of hydrogen-bond acceptors (Lipinski definition) is 2. The van der Waals surface area contributed by atoms with Crippen molar-refractivity contribution in [1.29, 1.82) is 0 Å². The number of hydrogen-bond donors (Lipinski definition) is 0. The fourth-order valence-corrected chi connectivity index (χ4v) is 5.83. The van der Waals surface area contributed by atoms with Gasteiger partial charge in [-0.2, -0.15) is 0 Å². The molecule has 0 aliphatic carbocycles. The van der Waals surface area contributed by atoms with Gasteiger partial charge in [0.2, 0.25) is 0 Å². The summed E-state index contributed by atoms with van der Waals surface area (Å²) in [6.07, 6.45) is 5.67. The Morgan fingerprint density at radius 2 is 0.975 bits per heavy atom. The van der Waals surface area contributed by atoms with E-state index in [-0.39, 0.29) is 0 Å². The van der Waals surface area contributed by atoms with Gasteiger partial charge in [0, 0.05) is 29.7 Å². The molecule has 0 saturated heterocycles. The summed E-state index contributed by atoms with van der Waals surface area (Å²) in [6, 6.07) is 41.6. The lowest BCUT2D eigenvalue weighted by atomic mass is 9.85. The number of aromatic nitrogens is 2. The van der Waals surface area contributed by atoms with E-state index in [2.05, 4.69) is 133 Å². The lowest BCUT2D eigenvalue weighted by Gasteiger charge is -2.18. The molecule has 0 N–H and O–H groups in total. The molecule has 2 nitrogen and oxygen atoms in total. The van der Waals surface area contributed by atoms with Crippen molar-refractivity contribution in [2.75, 3.05) is 0 Å². The van der Waals surface area contributed by atoms with Gasteiger partial charge in [-0.05, 0) is 92.5 Å². The van der Waals surface area contributed by atoms with Gasteiger partial charge in [-0.15, -0.1) is 0 Å². The minimum absolute atomic E-state index is 1.00. The monoisotopic (exact) mass is 512 g/mol. The molecule has 2 heterocycles. The van der Waals surface area contributed by atoms with E-state index in [1.807, 2.05) is 24.7 Å². The van der Waals surface area contributed by atoms with E-state index in [1.54, 1.807) is 0 Å². The average Bonchev–Trinajstić information content (AvgIpc) is 3.00. The van der Waals surface area contributed by atoms with Gasteiger partial charge in [-0.25, -0.2) is 0 Å². The molecule has 0 aliphatic heterocycles. The molecule has 190 valence electrons. The van der Waals surface area contributed by atoms with Crippen molar-refractivity contribution < 1.29 is 0 Å². The first-order valence-electron chi connectivity index (χ1n) is 13.7. The third-order valence-corrected chi connectivity index (χ3v) is 7.84. The van der Waals surface area contributed by atoms with Crippen molar-refractivity contribution in [3.63, 3.8) is 0 Å². The maximum atomic E-state index is 4.58. The molecule has 7 rings (SSSR count). The number of nitrogens with zero attached hydrogens (tertiary/aromatic N) is 2. The molecule has 2 heteroatoms. The first-order valence-corrected chi connectivity index (χ1v) is 13.7. The smallest absolute Gasteiger partial charge is 0.0704 e. The summed E-state index contributed by atoms with van der Waals surface area (Å²) in [5, 5.41) is 5.02. The third kappa shape index (κ3) is 4.15. The maximum Gasteiger partial charge on any atom is 0.0704 e. The van der Waals surface area contributed by atoms with Gasteiger partial charge in [0.1, 0.15) is 0 Å². The van der Waals surface area contributed by atoms with Crippen LogP contribution in [-0.2, 0) is 0 Å². The Morgan fingerprint density at radius 1 is 0.475 bits per heavy atom. The van der Waals surface area contributed by atoms with Crippen molar-refractivity contribution in [2.24, 2.45) is 0 Å². The third-order valence-electron chi connectivity index (χ3n) is 7.84. The van der Waals surface area contributed by atoms with E-state index in [4.69, 9.17) is 0 Å². The highest BCUT2D eigenvalue weighted by atomic mass is 14.7. The Hall–Kier alpha value is -5.08. The molecule has 0 saturated carbocycles. The van der Waals surface area contributed by atoms with Gasteiger partial charge < -0.3 is 0 Å². The van der Waals surface area contributed by atoms with Crippen molar-refractivity contribution >= 4 is 21.5 Å². The molecular weight excluding hydrogens is 484 g/mol. The molecular formula is C38H28N2. The highest BCUT2D eigenvalue weighted by Crippen LogP contribution is 2.44. The normalized spacial score (nSPS) is 11.2. The van der Waals surface area contributed by atoms with Gasteiger partial charge in [0.15, 0.2) is 0 Å². The van der Waals surface area contributed by atoms with Crippen LogP contribution in [0.4, 0.5) is 0 Å². The second kappa shape index (κ2) is 9.91. The molecule has 0 bridgehead atoms. The van der Waals surface area contributed by atoms with Crippen LogP contribution in [0.15, 0.2) is 134 Å². The average molecular weight is 513 g/mol. The summed E-state index contributed by atoms with van der Waals surface area (Å²) in [4.78, 5) is 8.93. The highest BCUT2D eigenvalue weighted by Gasteiger charge is 2.16. The predicted molar refractivity (Wildman–Crippen MR) is 168 cm³/mol. The largest absolute Gasteiger partial charge is 0.264 e. The van der Waals surface area contributed by atoms with Gasteiger partial charge in [0.25, 0.3) is 0 Å². The van der Waals surface area contributed by atoms with Crippen LogP contribution >= 0.6 is 0 Å². The van der Waals surface area contributed by atoms with E-state index >= 15 is 0 Å². The summed E-state index contributed by atoms with van der Waals surface area (Å²) in [6.45, 7) is 4.24. The standard InChI is InChI=1S/C38H28N2/c1-25-19-22-40-36(23-25)28-13-17-30(18-14-28)38-33-9-5-3-7-31(33)37(32-8-4-6-10-34(32)38)29-15-11-27(12-16-29)35-24-39-21-20-26(35)2/h3-24H,1-2H3. The van der Waals surface area contributed by atoms with Crippen LogP contribution in [0.5, 0.6) is 0 Å². The Balaban J connectivity index is 1.41. The fourth-order valence-electron chi connectivity index (χ4n) is 5.83. The van der Waals surface area contributed by atoms with E-state index in [9.17, 15) is 0 Å². The molecule has 0 spiro atoms. The topological polar surface area (TPSA) is 25.8 Å². The van der Waals surface area contributed by atoms with Gasteiger partial charge in [0.05, 0.1) is 5.69 Å². The van der Waals surface area contributed by atoms with Crippen LogP contribution in [0.3, 0.4) is 0 Å². The van der Waals surface area contributed by atoms with E-state index in [0.29, 0.717) is 0 Å². The summed E-state index contributed by atoms with van der Waals surface area (Å²) >= 11 is 0. The molecule has 0 aliphatic rings. The molecule has 40 heavy (non-hydrogen) atoms. The molecule has 0 unspecified atom stereocenters. The number of benzene rings is 5. The molecule has 5 aromatic carbocycles. The number of rotatable bonds is 4. The van der Waals surface area contributed by atoms with Crippen molar-refractivity contribution in [1.82, 2.24) is 9.97 Å². The van der Waals surface area contributed by atoms with Gasteiger partial charge >= 0.3 is 0 Å².